The van der Waals surface area contributed by atoms with E-state index in [1.54, 1.807) is 12.1 Å². The van der Waals surface area contributed by atoms with Crippen LogP contribution in [0.2, 0.25) is 5.02 Å². The van der Waals surface area contributed by atoms with E-state index in [4.69, 9.17) is 11.6 Å². The Morgan fingerprint density at radius 3 is 2.65 bits per heavy atom. The van der Waals surface area contributed by atoms with Gasteiger partial charge in [0.25, 0.3) is 0 Å². The molecule has 0 spiro atoms. The maximum atomic E-state index is 12.4. The molecule has 6 heteroatoms. The zero-order chi connectivity index (χ0) is 16.8. The van der Waals surface area contributed by atoms with Crippen LogP contribution >= 0.6 is 11.6 Å². The van der Waals surface area contributed by atoms with E-state index in [0.717, 1.165) is 25.1 Å². The number of carbonyl (C=O) groups is 2. The molecule has 3 unspecified atom stereocenters. The average Bonchev–Trinajstić information content (AvgIpc) is 2.49. The summed E-state index contributed by atoms with van der Waals surface area (Å²) >= 11 is 5.90. The van der Waals surface area contributed by atoms with E-state index >= 15 is 0 Å². The largest absolute Gasteiger partial charge is 0.352 e. The molecule has 2 amide bonds. The zero-order valence-corrected chi connectivity index (χ0v) is 14.3. The second-order valence-corrected chi connectivity index (χ2v) is 6.59. The highest BCUT2D eigenvalue weighted by atomic mass is 35.5. The highest BCUT2D eigenvalue weighted by Gasteiger charge is 2.24. The molecule has 0 aliphatic carbocycles. The number of nitrogens with one attached hydrogen (secondary N) is 3. The third-order valence-corrected chi connectivity index (χ3v) is 4.47. The zero-order valence-electron chi connectivity index (χ0n) is 13.6. The van der Waals surface area contributed by atoms with Gasteiger partial charge in [-0.3, -0.25) is 9.59 Å². The number of halogens is 1. The van der Waals surface area contributed by atoms with E-state index in [-0.39, 0.29) is 30.3 Å². The summed E-state index contributed by atoms with van der Waals surface area (Å²) in [5.74, 6) is 0.236. The van der Waals surface area contributed by atoms with Crippen LogP contribution in [0.25, 0.3) is 0 Å². The first kappa shape index (κ1) is 17.8. The average molecular weight is 338 g/mol. The highest BCUT2D eigenvalue weighted by Crippen LogP contribution is 2.20. The van der Waals surface area contributed by atoms with Gasteiger partial charge in [-0.1, -0.05) is 30.7 Å². The summed E-state index contributed by atoms with van der Waals surface area (Å²) in [6, 6.07) is 6.98. The molecule has 1 aromatic rings. The lowest BCUT2D eigenvalue weighted by molar-refractivity contribution is -0.123. The Bertz CT molecular complexity index is 547. The van der Waals surface area contributed by atoms with Crippen molar-refractivity contribution in [3.63, 3.8) is 0 Å². The Kier molecular flexibility index (Phi) is 6.42. The maximum absolute atomic E-state index is 12.4. The van der Waals surface area contributed by atoms with Gasteiger partial charge in [0, 0.05) is 24.5 Å². The van der Waals surface area contributed by atoms with Crippen molar-refractivity contribution in [2.75, 3.05) is 13.1 Å². The smallest absolute Gasteiger partial charge is 0.222 e. The van der Waals surface area contributed by atoms with Crippen LogP contribution in [0, 0.1) is 5.92 Å². The fraction of sp³-hybridized carbons (Fsp3) is 0.529. The number of piperidine rings is 1. The molecule has 126 valence electrons. The van der Waals surface area contributed by atoms with Gasteiger partial charge in [-0.25, -0.2) is 0 Å². The number of hydrogen-bond acceptors (Lipinski definition) is 3. The lowest BCUT2D eigenvalue weighted by Crippen LogP contribution is -2.50. The first-order valence-electron chi connectivity index (χ1n) is 7.98. The van der Waals surface area contributed by atoms with E-state index in [0.29, 0.717) is 10.9 Å². The van der Waals surface area contributed by atoms with Crippen molar-refractivity contribution in [1.29, 1.82) is 0 Å². The first-order valence-corrected chi connectivity index (χ1v) is 8.36. The van der Waals surface area contributed by atoms with E-state index in [1.165, 1.54) is 6.92 Å². The van der Waals surface area contributed by atoms with Gasteiger partial charge in [0.2, 0.25) is 11.8 Å². The summed E-state index contributed by atoms with van der Waals surface area (Å²) in [5.41, 5.74) is 0.870. The van der Waals surface area contributed by atoms with Gasteiger partial charge in [-0.05, 0) is 36.6 Å². The van der Waals surface area contributed by atoms with Crippen LogP contribution in [0.15, 0.2) is 24.3 Å². The molecule has 2 rings (SSSR count). The number of rotatable bonds is 5. The monoisotopic (exact) mass is 337 g/mol. The van der Waals surface area contributed by atoms with Crippen molar-refractivity contribution in [3.8, 4) is 0 Å². The van der Waals surface area contributed by atoms with Crippen molar-refractivity contribution < 1.29 is 9.59 Å². The number of carbonyl (C=O) groups excluding carboxylic acids is 2. The highest BCUT2D eigenvalue weighted by molar-refractivity contribution is 6.30. The van der Waals surface area contributed by atoms with Crippen LogP contribution in [-0.2, 0) is 9.59 Å². The normalized spacial score (nSPS) is 22.2. The fourth-order valence-electron chi connectivity index (χ4n) is 2.83. The van der Waals surface area contributed by atoms with Gasteiger partial charge < -0.3 is 16.0 Å². The number of hydrogen-bond donors (Lipinski definition) is 3. The van der Waals surface area contributed by atoms with Crippen LogP contribution < -0.4 is 16.0 Å². The molecule has 3 N–H and O–H groups in total. The predicted molar refractivity (Wildman–Crippen MR) is 91.2 cm³/mol. The molecule has 0 bridgehead atoms. The van der Waals surface area contributed by atoms with Gasteiger partial charge in [0.05, 0.1) is 12.5 Å². The third kappa shape index (κ3) is 5.52. The van der Waals surface area contributed by atoms with E-state index < -0.39 is 0 Å². The van der Waals surface area contributed by atoms with Gasteiger partial charge in [-0.15, -0.1) is 0 Å². The minimum absolute atomic E-state index is 0.0563. The van der Waals surface area contributed by atoms with Crippen molar-refractivity contribution in [2.45, 2.75) is 38.8 Å². The Morgan fingerprint density at radius 2 is 2.04 bits per heavy atom. The fourth-order valence-corrected chi connectivity index (χ4v) is 2.95. The van der Waals surface area contributed by atoms with Crippen molar-refractivity contribution in [2.24, 2.45) is 5.92 Å². The Labute approximate surface area is 142 Å². The molecule has 0 aromatic heterocycles. The second kappa shape index (κ2) is 8.31. The first-order chi connectivity index (χ1) is 11.0. The van der Waals surface area contributed by atoms with Crippen LogP contribution in [0.4, 0.5) is 0 Å². The summed E-state index contributed by atoms with van der Waals surface area (Å²) in [6.45, 7) is 5.38. The van der Waals surface area contributed by atoms with Crippen molar-refractivity contribution >= 4 is 23.4 Å². The topological polar surface area (TPSA) is 70.2 Å². The standard InChI is InChI=1S/C17H24ClN3O2/c1-11-7-8-19-10-16(11)21-17(23)9-15(20-12(2)22)13-3-5-14(18)6-4-13/h3-6,11,15-16,19H,7-10H2,1-2H3,(H,20,22)(H,21,23). The third-order valence-electron chi connectivity index (χ3n) is 4.21. The molecular formula is C17H24ClN3O2. The summed E-state index contributed by atoms with van der Waals surface area (Å²) in [7, 11) is 0. The van der Waals surface area contributed by atoms with Crippen LogP contribution in [0.1, 0.15) is 38.3 Å². The van der Waals surface area contributed by atoms with Crippen LogP contribution in [0.5, 0.6) is 0 Å². The molecule has 1 aromatic carbocycles. The molecule has 3 atom stereocenters. The van der Waals surface area contributed by atoms with Crippen molar-refractivity contribution in [1.82, 2.24) is 16.0 Å². The molecule has 1 aliphatic rings. The summed E-state index contributed by atoms with van der Waals surface area (Å²) in [6.07, 6.45) is 1.27. The molecule has 0 radical (unpaired) electrons. The minimum Gasteiger partial charge on any atom is -0.352 e. The quantitative estimate of drug-likeness (QED) is 0.770. The molecule has 1 heterocycles. The van der Waals surface area contributed by atoms with E-state index in [1.807, 2.05) is 12.1 Å². The van der Waals surface area contributed by atoms with Gasteiger partial charge in [-0.2, -0.15) is 0 Å². The number of amides is 2. The van der Waals surface area contributed by atoms with E-state index in [2.05, 4.69) is 22.9 Å². The predicted octanol–water partition coefficient (Wildman–Crippen LogP) is 2.02. The molecule has 23 heavy (non-hydrogen) atoms. The van der Waals surface area contributed by atoms with Crippen LogP contribution in [-0.4, -0.2) is 30.9 Å². The second-order valence-electron chi connectivity index (χ2n) is 6.15. The Morgan fingerprint density at radius 1 is 1.35 bits per heavy atom. The maximum Gasteiger partial charge on any atom is 0.222 e. The molecule has 1 saturated heterocycles. The number of benzene rings is 1. The lowest BCUT2D eigenvalue weighted by atomic mass is 9.94. The Balaban J connectivity index is 2.00. The van der Waals surface area contributed by atoms with E-state index in [9.17, 15) is 9.59 Å². The lowest BCUT2D eigenvalue weighted by Gasteiger charge is -2.30. The van der Waals surface area contributed by atoms with Crippen LogP contribution in [0.3, 0.4) is 0 Å². The van der Waals surface area contributed by atoms with Crippen molar-refractivity contribution in [3.05, 3.63) is 34.9 Å². The summed E-state index contributed by atoms with van der Waals surface area (Å²) in [4.78, 5) is 23.8. The molecule has 5 nitrogen and oxygen atoms in total. The van der Waals surface area contributed by atoms with Gasteiger partial charge in [0.15, 0.2) is 0 Å². The minimum atomic E-state index is -0.350. The molecular weight excluding hydrogens is 314 g/mol. The molecule has 1 aliphatic heterocycles. The van der Waals surface area contributed by atoms with Gasteiger partial charge >= 0.3 is 0 Å². The SMILES string of the molecule is CC(=O)NC(CC(=O)NC1CNCCC1C)c1ccc(Cl)cc1. The van der Waals surface area contributed by atoms with Gasteiger partial charge in [0.1, 0.15) is 0 Å². The Hall–Kier alpha value is -1.59. The molecule has 1 fully saturated rings. The summed E-state index contributed by atoms with van der Waals surface area (Å²) in [5, 5.41) is 9.83. The molecule has 0 saturated carbocycles. The summed E-state index contributed by atoms with van der Waals surface area (Å²) < 4.78 is 0.